The van der Waals surface area contributed by atoms with Crippen LogP contribution in [0.5, 0.6) is 17.2 Å². The first-order chi connectivity index (χ1) is 14.7. The van der Waals surface area contributed by atoms with E-state index in [9.17, 15) is 9.59 Å². The molecule has 3 N–H and O–H groups in total. The number of benzene rings is 1. The number of carbonyl (C=O) groups is 1. The maximum atomic E-state index is 13.3. The second kappa shape index (κ2) is 7.56. The lowest BCUT2D eigenvalue weighted by Crippen LogP contribution is -2.36. The van der Waals surface area contributed by atoms with Gasteiger partial charge in [0.15, 0.2) is 22.1 Å². The normalized spacial score (nSPS) is 19.3. The van der Waals surface area contributed by atoms with Gasteiger partial charge in [0.05, 0.1) is 26.9 Å². The topological polar surface area (TPSA) is 105 Å². The van der Waals surface area contributed by atoms with Crippen LogP contribution >= 0.6 is 12.2 Å². The molecule has 1 aliphatic heterocycles. The lowest BCUT2D eigenvalue weighted by atomic mass is 9.69. The van der Waals surface area contributed by atoms with Crippen molar-refractivity contribution in [3.05, 3.63) is 49.7 Å². The van der Waals surface area contributed by atoms with Crippen molar-refractivity contribution in [2.75, 3.05) is 26.6 Å². The third kappa shape index (κ3) is 3.52. The van der Waals surface area contributed by atoms with Gasteiger partial charge in [0.1, 0.15) is 5.82 Å². The number of nitrogens with one attached hydrogen (secondary N) is 3. The van der Waals surface area contributed by atoms with Gasteiger partial charge in [-0.15, -0.1) is 0 Å². The Balaban J connectivity index is 2.04. The quantitative estimate of drug-likeness (QED) is 0.619. The fourth-order valence-electron chi connectivity index (χ4n) is 4.55. The van der Waals surface area contributed by atoms with Crippen molar-refractivity contribution in [1.82, 2.24) is 9.97 Å². The summed E-state index contributed by atoms with van der Waals surface area (Å²) in [5, 5.41) is 3.28. The Bertz CT molecular complexity index is 1200. The van der Waals surface area contributed by atoms with Crippen molar-refractivity contribution in [3.63, 3.8) is 0 Å². The highest BCUT2D eigenvalue weighted by molar-refractivity contribution is 7.71. The summed E-state index contributed by atoms with van der Waals surface area (Å²) < 4.78 is 16.7. The first kappa shape index (κ1) is 21.2. The Morgan fingerprint density at radius 2 is 1.65 bits per heavy atom. The van der Waals surface area contributed by atoms with Crippen molar-refractivity contribution >= 4 is 23.8 Å². The maximum Gasteiger partial charge on any atom is 0.257 e. The predicted molar refractivity (Wildman–Crippen MR) is 119 cm³/mol. The monoisotopic (exact) mass is 443 g/mol. The van der Waals surface area contributed by atoms with Crippen LogP contribution in [-0.4, -0.2) is 37.1 Å². The van der Waals surface area contributed by atoms with Crippen LogP contribution in [0.25, 0.3) is 0 Å². The molecule has 0 fully saturated rings. The third-order valence-corrected chi connectivity index (χ3v) is 5.98. The number of hydrogen-bond acceptors (Lipinski definition) is 7. The summed E-state index contributed by atoms with van der Waals surface area (Å²) in [6.07, 6.45) is 1.06. The Morgan fingerprint density at radius 3 is 2.23 bits per heavy atom. The minimum Gasteiger partial charge on any atom is -0.493 e. The first-order valence-corrected chi connectivity index (χ1v) is 10.3. The molecule has 1 aliphatic carbocycles. The van der Waals surface area contributed by atoms with Gasteiger partial charge >= 0.3 is 0 Å². The number of hydrogen-bond donors (Lipinski definition) is 3. The van der Waals surface area contributed by atoms with E-state index in [1.165, 1.54) is 21.3 Å². The molecular weight excluding hydrogens is 418 g/mol. The number of rotatable bonds is 4. The van der Waals surface area contributed by atoms with Crippen molar-refractivity contribution in [3.8, 4) is 17.2 Å². The van der Waals surface area contributed by atoms with Gasteiger partial charge in [0, 0.05) is 23.6 Å². The molecule has 164 valence electrons. The van der Waals surface area contributed by atoms with Gasteiger partial charge in [0.2, 0.25) is 5.75 Å². The summed E-state index contributed by atoms with van der Waals surface area (Å²) in [6, 6.07) is 3.56. The van der Waals surface area contributed by atoms with E-state index < -0.39 is 5.92 Å². The van der Waals surface area contributed by atoms with Gasteiger partial charge < -0.3 is 24.5 Å². The smallest absolute Gasteiger partial charge is 0.257 e. The van der Waals surface area contributed by atoms with Gasteiger partial charge in [0.25, 0.3) is 5.56 Å². The average molecular weight is 444 g/mol. The number of methoxy groups -OCH3 is 3. The molecule has 31 heavy (non-hydrogen) atoms. The van der Waals surface area contributed by atoms with E-state index in [4.69, 9.17) is 26.4 Å². The largest absolute Gasteiger partial charge is 0.493 e. The molecule has 1 aromatic heterocycles. The molecule has 9 heteroatoms. The van der Waals surface area contributed by atoms with Gasteiger partial charge in [-0.3, -0.25) is 14.6 Å². The molecule has 2 aliphatic rings. The van der Waals surface area contributed by atoms with Gasteiger partial charge in [-0.2, -0.15) is 0 Å². The molecule has 0 saturated heterocycles. The van der Waals surface area contributed by atoms with Gasteiger partial charge in [-0.05, 0) is 41.7 Å². The molecule has 2 aromatic rings. The minimum absolute atomic E-state index is 0.00463. The summed E-state index contributed by atoms with van der Waals surface area (Å²) in [6.45, 7) is 4.11. The maximum absolute atomic E-state index is 13.3. The van der Waals surface area contributed by atoms with Crippen LogP contribution in [0.15, 0.2) is 28.2 Å². The Morgan fingerprint density at radius 1 is 1.00 bits per heavy atom. The zero-order valence-electron chi connectivity index (χ0n) is 18.1. The summed E-state index contributed by atoms with van der Waals surface area (Å²) >= 11 is 5.18. The molecule has 0 saturated carbocycles. The number of ether oxygens (including phenoxy) is 3. The van der Waals surface area contributed by atoms with Crippen molar-refractivity contribution < 1.29 is 19.0 Å². The summed E-state index contributed by atoms with van der Waals surface area (Å²) in [5.41, 5.74) is 1.91. The molecule has 0 amide bonds. The van der Waals surface area contributed by atoms with Crippen LogP contribution in [0, 0.1) is 10.2 Å². The standard InChI is InChI=1S/C22H25N3O5S/c1-22(2)8-11-16(12(26)9-22)15(17-19(23-11)24-21(31)25-20(17)27)10-6-13(28-3)18(30-5)14(7-10)29-4/h6-7,15H,8-9H2,1-5H3,(H3,23,24,25,27,31). The van der Waals surface area contributed by atoms with Crippen LogP contribution < -0.4 is 25.1 Å². The number of H-pyrrole nitrogens is 2. The van der Waals surface area contributed by atoms with Crippen LogP contribution in [0.4, 0.5) is 5.82 Å². The number of fused-ring (bicyclic) bond motifs is 1. The zero-order chi connectivity index (χ0) is 22.5. The molecule has 1 aromatic carbocycles. The summed E-state index contributed by atoms with van der Waals surface area (Å²) in [4.78, 5) is 32.0. The highest BCUT2D eigenvalue weighted by atomic mass is 32.1. The Kier molecular flexibility index (Phi) is 5.17. The van der Waals surface area contributed by atoms with Gasteiger partial charge in [-0.1, -0.05) is 13.8 Å². The van der Waals surface area contributed by atoms with E-state index in [-0.39, 0.29) is 21.5 Å². The predicted octanol–water partition coefficient (Wildman–Crippen LogP) is 3.66. The van der Waals surface area contributed by atoms with Crippen molar-refractivity contribution in [1.29, 1.82) is 0 Å². The van der Waals surface area contributed by atoms with E-state index >= 15 is 0 Å². The second-order valence-corrected chi connectivity index (χ2v) is 8.96. The van der Waals surface area contributed by atoms with Crippen LogP contribution in [0.2, 0.25) is 0 Å². The molecule has 0 spiro atoms. The third-order valence-electron chi connectivity index (χ3n) is 5.77. The molecule has 0 radical (unpaired) electrons. The fourth-order valence-corrected chi connectivity index (χ4v) is 4.74. The molecular formula is C22H25N3O5S. The molecule has 1 unspecified atom stereocenters. The van der Waals surface area contributed by atoms with E-state index in [1.807, 2.05) is 0 Å². The molecule has 1 atom stereocenters. The number of anilines is 1. The Labute approximate surface area is 184 Å². The first-order valence-electron chi connectivity index (χ1n) is 9.88. The summed E-state index contributed by atoms with van der Waals surface area (Å²) in [5.74, 6) is 1.22. The number of allylic oxidation sites excluding steroid dienone is 2. The highest BCUT2D eigenvalue weighted by Crippen LogP contribution is 2.50. The van der Waals surface area contributed by atoms with Crippen LogP contribution in [0.1, 0.15) is 43.7 Å². The number of Topliss-reactive ketones (excluding diaryl/α,β-unsaturated/α-hetero) is 1. The molecule has 0 bridgehead atoms. The highest BCUT2D eigenvalue weighted by Gasteiger charge is 2.42. The SMILES string of the molecule is COc1cc(C2C3=C(CC(C)(C)CC3=O)Nc3[nH]c(=S)[nH]c(=O)c32)cc(OC)c1OC. The molecule has 8 nitrogen and oxygen atoms in total. The second-order valence-electron chi connectivity index (χ2n) is 8.55. The number of aromatic nitrogens is 2. The lowest BCUT2D eigenvalue weighted by molar-refractivity contribution is -0.118. The molecule has 4 rings (SSSR count). The van der Waals surface area contributed by atoms with E-state index in [1.54, 1.807) is 12.1 Å². The van der Waals surface area contributed by atoms with E-state index in [2.05, 4.69) is 29.1 Å². The number of ketones is 1. The average Bonchev–Trinajstić information content (AvgIpc) is 2.69. The Hall–Kier alpha value is -3.07. The summed E-state index contributed by atoms with van der Waals surface area (Å²) in [7, 11) is 4.58. The van der Waals surface area contributed by atoms with Crippen LogP contribution in [-0.2, 0) is 4.79 Å². The number of aromatic amines is 2. The number of carbonyl (C=O) groups excluding carboxylic acids is 1. The van der Waals surface area contributed by atoms with Crippen molar-refractivity contribution in [2.24, 2.45) is 5.41 Å². The van der Waals surface area contributed by atoms with E-state index in [0.29, 0.717) is 52.6 Å². The van der Waals surface area contributed by atoms with E-state index in [0.717, 1.165) is 5.70 Å². The van der Waals surface area contributed by atoms with Crippen molar-refractivity contribution in [2.45, 2.75) is 32.6 Å². The van der Waals surface area contributed by atoms with Gasteiger partial charge in [-0.25, -0.2) is 0 Å². The minimum atomic E-state index is -0.612. The van der Waals surface area contributed by atoms with Crippen LogP contribution in [0.3, 0.4) is 0 Å². The zero-order valence-corrected chi connectivity index (χ0v) is 18.9. The lowest BCUT2D eigenvalue weighted by Gasteiger charge is -2.38. The fraction of sp³-hybridized carbons (Fsp3) is 0.409. The molecule has 2 heterocycles.